The first-order valence-corrected chi connectivity index (χ1v) is 30.7. The van der Waals surface area contributed by atoms with Gasteiger partial charge in [-0.25, -0.2) is 0 Å². The maximum atomic E-state index is 13.0. The van der Waals surface area contributed by atoms with Crippen molar-refractivity contribution in [2.45, 2.75) is 37.9 Å². The van der Waals surface area contributed by atoms with Crippen LogP contribution in [0.4, 0.5) is 0 Å². The summed E-state index contributed by atoms with van der Waals surface area (Å²) in [4.78, 5) is 25.0. The van der Waals surface area contributed by atoms with Crippen molar-refractivity contribution in [3.63, 3.8) is 0 Å². The molecule has 10 heteroatoms. The van der Waals surface area contributed by atoms with Crippen molar-refractivity contribution in [3.05, 3.63) is 399 Å². The molecule has 4 aromatic heterocycles. The van der Waals surface area contributed by atoms with Gasteiger partial charge >= 0.3 is 0 Å². The molecule has 90 heavy (non-hydrogen) atoms. The number of rotatable bonds is 17. The van der Waals surface area contributed by atoms with Crippen LogP contribution in [0.1, 0.15) is 90.3 Å². The number of hydrogen-bond donors (Lipinski definition) is 0. The smallest absolute Gasteiger partial charge is 0.194 e. The van der Waals surface area contributed by atoms with Gasteiger partial charge in [-0.1, -0.05) is 254 Å². The van der Waals surface area contributed by atoms with Gasteiger partial charge in [0.2, 0.25) is 0 Å². The maximum Gasteiger partial charge on any atom is 0.194 e. The van der Waals surface area contributed by atoms with Gasteiger partial charge in [0.15, 0.2) is 5.78 Å². The van der Waals surface area contributed by atoms with Crippen molar-refractivity contribution in [1.82, 2.24) is 34.4 Å². The molecule has 0 aliphatic rings. The van der Waals surface area contributed by atoms with Gasteiger partial charge in [-0.2, -0.15) is 10.2 Å². The lowest BCUT2D eigenvalue weighted by atomic mass is 9.77. The molecule has 0 saturated heterocycles. The van der Waals surface area contributed by atoms with Crippen LogP contribution in [0.2, 0.25) is 10.0 Å². The first kappa shape index (κ1) is 59.8. The molecule has 13 aromatic rings. The van der Waals surface area contributed by atoms with Crippen LogP contribution in [0.15, 0.2) is 316 Å². The minimum absolute atomic E-state index is 0.0978. The number of aryl methyl sites for hydroxylation is 2. The summed E-state index contributed by atoms with van der Waals surface area (Å²) in [7, 11) is 2.12. The lowest BCUT2D eigenvalue weighted by Crippen LogP contribution is -2.38. The highest BCUT2D eigenvalue weighted by atomic mass is 35.5. The molecule has 4 heterocycles. The van der Waals surface area contributed by atoms with Crippen molar-refractivity contribution in [2.24, 2.45) is 0 Å². The SMILES string of the molecule is Cc1nn(C(c2ccccc2)(c2ccccc2)c2ccccc2)cc1-c1ccc(/C(=C\N(C)[C@H](C)c2ccccc2)c2ccc(Cl)cc2)cn1.Cc1nn(C(c2ccccc2)(c2ccccc2)c2ccccc2)cc1-c1ccc(C(=O)c2ccc(Cl)cc2)cn1. The lowest BCUT2D eigenvalue weighted by Gasteiger charge is -2.36. The second-order valence-electron chi connectivity index (χ2n) is 22.3. The van der Waals surface area contributed by atoms with Crippen LogP contribution < -0.4 is 0 Å². The third kappa shape index (κ3) is 12.1. The average molecular weight is 1210 g/mol. The summed E-state index contributed by atoms with van der Waals surface area (Å²) < 4.78 is 4.17. The van der Waals surface area contributed by atoms with Crippen molar-refractivity contribution in [1.29, 1.82) is 0 Å². The number of halogens is 2. The molecule has 0 radical (unpaired) electrons. The molecule has 440 valence electrons. The fourth-order valence-electron chi connectivity index (χ4n) is 12.0. The number of nitrogens with zero attached hydrogens (tertiary/aromatic N) is 7. The van der Waals surface area contributed by atoms with E-state index in [1.807, 2.05) is 60.3 Å². The summed E-state index contributed by atoms with van der Waals surface area (Å²) in [5, 5.41) is 11.6. The van der Waals surface area contributed by atoms with E-state index in [0.717, 1.165) is 84.0 Å². The number of hydrogen-bond acceptors (Lipinski definition) is 6. The Balaban J connectivity index is 0.000000179. The Labute approximate surface area is 536 Å². The highest BCUT2D eigenvalue weighted by Gasteiger charge is 2.41. The predicted octanol–water partition coefficient (Wildman–Crippen LogP) is 18.8. The molecule has 0 saturated carbocycles. The normalized spacial score (nSPS) is 12.0. The maximum absolute atomic E-state index is 13.0. The van der Waals surface area contributed by atoms with Gasteiger partial charge in [0.1, 0.15) is 11.1 Å². The van der Waals surface area contributed by atoms with Crippen LogP contribution in [-0.2, 0) is 11.1 Å². The highest BCUT2D eigenvalue weighted by molar-refractivity contribution is 6.31. The van der Waals surface area contributed by atoms with Crippen LogP contribution in [0, 0.1) is 13.8 Å². The Morgan fingerprint density at radius 2 is 0.722 bits per heavy atom. The average Bonchev–Trinajstić information content (AvgIpc) is 1.52. The quantitative estimate of drug-likeness (QED) is 0.0667. The van der Waals surface area contributed by atoms with Crippen LogP contribution in [0.3, 0.4) is 0 Å². The fraction of sp³-hybridized carbons (Fsp3) is 0.0875. The van der Waals surface area contributed by atoms with Gasteiger partial charge in [0, 0.05) is 81.5 Å². The number of carbonyl (C=O) groups excluding carboxylic acids is 1. The summed E-state index contributed by atoms with van der Waals surface area (Å²) in [5.41, 5.74) is 16.0. The largest absolute Gasteiger partial charge is 0.373 e. The third-order valence-corrected chi connectivity index (χ3v) is 17.3. The molecule has 0 spiro atoms. The second-order valence-corrected chi connectivity index (χ2v) is 23.1. The molecule has 0 bridgehead atoms. The Kier molecular flexibility index (Phi) is 17.8. The molecule has 13 rings (SSSR count). The monoisotopic (exact) mass is 1210 g/mol. The molecule has 0 aliphatic carbocycles. The zero-order valence-corrected chi connectivity index (χ0v) is 51.9. The first-order valence-electron chi connectivity index (χ1n) is 30.0. The predicted molar refractivity (Wildman–Crippen MR) is 366 cm³/mol. The minimum Gasteiger partial charge on any atom is -0.373 e. The van der Waals surface area contributed by atoms with Crippen molar-refractivity contribution in [3.8, 4) is 22.5 Å². The molecular formula is C80H65Cl2N7O. The van der Waals surface area contributed by atoms with E-state index in [1.165, 1.54) is 5.56 Å². The van der Waals surface area contributed by atoms with E-state index in [4.69, 9.17) is 38.4 Å². The summed E-state index contributed by atoms with van der Waals surface area (Å²) in [6, 6.07) is 96.7. The van der Waals surface area contributed by atoms with Crippen LogP contribution in [-0.4, -0.2) is 47.3 Å². The van der Waals surface area contributed by atoms with Gasteiger partial charge in [0.05, 0.1) is 28.8 Å². The molecule has 8 nitrogen and oxygen atoms in total. The minimum atomic E-state index is -0.711. The van der Waals surface area contributed by atoms with E-state index >= 15 is 0 Å². The van der Waals surface area contributed by atoms with Crippen molar-refractivity contribution >= 4 is 34.6 Å². The van der Waals surface area contributed by atoms with Crippen LogP contribution in [0.25, 0.3) is 28.1 Å². The Hall–Kier alpha value is -10.5. The van der Waals surface area contributed by atoms with Gasteiger partial charge < -0.3 is 4.90 Å². The van der Waals surface area contributed by atoms with E-state index in [2.05, 4.69) is 272 Å². The van der Waals surface area contributed by atoms with E-state index in [9.17, 15) is 4.79 Å². The van der Waals surface area contributed by atoms with E-state index in [-0.39, 0.29) is 11.8 Å². The second kappa shape index (κ2) is 26.8. The third-order valence-electron chi connectivity index (χ3n) is 16.8. The van der Waals surface area contributed by atoms with Crippen molar-refractivity contribution in [2.75, 3.05) is 7.05 Å². The Morgan fingerprint density at radius 3 is 1.06 bits per heavy atom. The number of ketones is 1. The van der Waals surface area contributed by atoms with E-state index < -0.39 is 11.1 Å². The number of benzene rings is 9. The van der Waals surface area contributed by atoms with Gasteiger partial charge in [0.25, 0.3) is 0 Å². The van der Waals surface area contributed by atoms with Crippen LogP contribution >= 0.6 is 23.2 Å². The van der Waals surface area contributed by atoms with E-state index in [0.29, 0.717) is 21.2 Å². The topological polar surface area (TPSA) is 81.7 Å². The molecule has 9 aromatic carbocycles. The van der Waals surface area contributed by atoms with Gasteiger partial charge in [-0.15, -0.1) is 0 Å². The molecule has 0 N–H and O–H groups in total. The first-order chi connectivity index (χ1) is 44.0. The Morgan fingerprint density at radius 1 is 0.411 bits per heavy atom. The van der Waals surface area contributed by atoms with Gasteiger partial charge in [-0.05, 0) is 120 Å². The summed E-state index contributed by atoms with van der Waals surface area (Å²) in [6.07, 6.45) is 10.0. The van der Waals surface area contributed by atoms with Gasteiger partial charge in [-0.3, -0.25) is 24.1 Å². The van der Waals surface area contributed by atoms with E-state index in [1.54, 1.807) is 30.5 Å². The molecule has 0 aliphatic heterocycles. The molecule has 0 unspecified atom stereocenters. The molecule has 1 atom stereocenters. The number of aromatic nitrogens is 6. The molecular weight excluding hydrogens is 1150 g/mol. The molecule has 0 amide bonds. The Bertz CT molecular complexity index is 4320. The number of carbonyl (C=O) groups is 1. The lowest BCUT2D eigenvalue weighted by molar-refractivity contribution is 0.103. The fourth-order valence-corrected chi connectivity index (χ4v) is 12.3. The number of pyridine rings is 2. The summed E-state index contributed by atoms with van der Waals surface area (Å²) >= 11 is 12.3. The highest BCUT2D eigenvalue weighted by Crippen LogP contribution is 2.44. The standard InChI is InChI=1S/C45H39ClN4.C35H26ClN3O/c1-33-42(32-50(48-33)45(38-18-10-5-11-19-38,39-20-12-6-13-21-39)40-22-14-7-15-23-40)44-29-26-37(30-47-44)43(36-24-27-41(46)28-25-36)31-49(3)34(2)35-16-8-4-9-17-35;1-25-32(33-22-19-27(23-37-33)34(40)26-17-20-31(36)21-18-26)24-39(38-25)35(28-11-5-2-6-12-28,29-13-7-3-8-14-29)30-15-9-4-10-16-30/h4-32,34H,1-3H3;2-24H,1H3/b43-31-;/t34-;/m1./s1. The zero-order valence-electron chi connectivity index (χ0n) is 50.4. The zero-order chi connectivity index (χ0) is 62.0. The van der Waals surface area contributed by atoms with Crippen molar-refractivity contribution < 1.29 is 4.79 Å². The van der Waals surface area contributed by atoms with Crippen LogP contribution in [0.5, 0.6) is 0 Å². The summed E-state index contributed by atoms with van der Waals surface area (Å²) in [6.45, 7) is 6.27. The molecule has 0 fully saturated rings. The summed E-state index contributed by atoms with van der Waals surface area (Å²) in [5.74, 6) is -0.0978.